The van der Waals surface area contributed by atoms with Crippen molar-refractivity contribution in [2.45, 2.75) is 38.1 Å². The van der Waals surface area contributed by atoms with Crippen LogP contribution in [0.15, 0.2) is 48.5 Å². The summed E-state index contributed by atoms with van der Waals surface area (Å²) in [5.41, 5.74) is 4.55. The van der Waals surface area contributed by atoms with Crippen molar-refractivity contribution in [2.75, 3.05) is 19.7 Å². The molecule has 1 saturated heterocycles. The third kappa shape index (κ3) is 4.33. The van der Waals surface area contributed by atoms with Gasteiger partial charge in [0.05, 0.1) is 5.92 Å². The summed E-state index contributed by atoms with van der Waals surface area (Å²) in [5, 5.41) is 11.9. The second-order valence-electron chi connectivity index (χ2n) is 8.39. The molecule has 2 aromatic rings. The standard InChI is InChI=1S/C25H28N2O5/c1-2-22(23(28)27-13-7-8-16(14-27)24(29)30)26-25(31)32-15-21-19-11-5-3-9-17(19)18-10-4-6-12-20(18)21/h3-6,9-12,16,21-22H,2,7-8,13-15H2,1H3,(H,26,31)(H,29,30)/t16-,22?/m1/s1. The van der Waals surface area contributed by atoms with Crippen molar-refractivity contribution in [1.82, 2.24) is 10.2 Å². The van der Waals surface area contributed by atoms with Crippen LogP contribution in [0.25, 0.3) is 11.1 Å². The molecule has 0 spiro atoms. The SMILES string of the molecule is CCC(NC(=O)OCC1c2ccccc2-c2ccccc21)C(=O)N1CCC[C@@H](C(=O)O)C1. The molecule has 2 aliphatic rings. The minimum absolute atomic E-state index is 0.0534. The van der Waals surface area contributed by atoms with Gasteiger partial charge in [0.15, 0.2) is 0 Å². The van der Waals surface area contributed by atoms with E-state index in [-0.39, 0.29) is 25.0 Å². The molecule has 1 unspecified atom stereocenters. The van der Waals surface area contributed by atoms with Gasteiger partial charge >= 0.3 is 12.1 Å². The van der Waals surface area contributed by atoms with E-state index in [2.05, 4.69) is 29.6 Å². The van der Waals surface area contributed by atoms with E-state index < -0.39 is 24.0 Å². The molecule has 7 nitrogen and oxygen atoms in total. The number of hydrogen-bond acceptors (Lipinski definition) is 4. The molecule has 32 heavy (non-hydrogen) atoms. The fourth-order valence-electron chi connectivity index (χ4n) is 4.72. The number of carbonyl (C=O) groups excluding carboxylic acids is 2. The molecule has 2 N–H and O–H groups in total. The number of aliphatic carboxylic acids is 1. The molecule has 2 amide bonds. The van der Waals surface area contributed by atoms with E-state index in [1.807, 2.05) is 31.2 Å². The Balaban J connectivity index is 1.38. The van der Waals surface area contributed by atoms with Crippen LogP contribution in [0.2, 0.25) is 0 Å². The Morgan fingerprint density at radius 3 is 2.31 bits per heavy atom. The summed E-state index contributed by atoms with van der Waals surface area (Å²) in [4.78, 5) is 38.3. The Bertz CT molecular complexity index is 975. The first-order chi connectivity index (χ1) is 15.5. The lowest BCUT2D eigenvalue weighted by molar-refractivity contribution is -0.146. The van der Waals surface area contributed by atoms with Gasteiger partial charge in [-0.3, -0.25) is 9.59 Å². The van der Waals surface area contributed by atoms with Gasteiger partial charge in [0, 0.05) is 19.0 Å². The van der Waals surface area contributed by atoms with E-state index in [9.17, 15) is 19.5 Å². The minimum Gasteiger partial charge on any atom is -0.481 e. The number of nitrogens with one attached hydrogen (secondary N) is 1. The molecule has 168 valence electrons. The van der Waals surface area contributed by atoms with E-state index in [1.165, 1.54) is 0 Å². The lowest BCUT2D eigenvalue weighted by atomic mass is 9.97. The topological polar surface area (TPSA) is 95.9 Å². The number of nitrogens with zero attached hydrogens (tertiary/aromatic N) is 1. The average Bonchev–Trinajstić information content (AvgIpc) is 3.14. The van der Waals surface area contributed by atoms with Crippen molar-refractivity contribution in [2.24, 2.45) is 5.92 Å². The Morgan fingerprint density at radius 2 is 1.72 bits per heavy atom. The second kappa shape index (κ2) is 9.42. The molecular formula is C25H28N2O5. The van der Waals surface area contributed by atoms with Crippen LogP contribution in [-0.4, -0.2) is 53.7 Å². The number of fused-ring (bicyclic) bond motifs is 3. The maximum atomic E-state index is 12.9. The first kappa shape index (κ1) is 21.9. The van der Waals surface area contributed by atoms with Crippen LogP contribution in [0.1, 0.15) is 43.2 Å². The fourth-order valence-corrected chi connectivity index (χ4v) is 4.72. The number of benzene rings is 2. The number of likely N-dealkylation sites (tertiary alicyclic amines) is 1. The molecule has 7 heteroatoms. The van der Waals surface area contributed by atoms with Gasteiger partial charge < -0.3 is 20.1 Å². The smallest absolute Gasteiger partial charge is 0.407 e. The van der Waals surface area contributed by atoms with Crippen molar-refractivity contribution >= 4 is 18.0 Å². The maximum Gasteiger partial charge on any atom is 0.407 e. The van der Waals surface area contributed by atoms with E-state index in [4.69, 9.17) is 4.74 Å². The van der Waals surface area contributed by atoms with Crippen LogP contribution in [0.4, 0.5) is 4.79 Å². The largest absolute Gasteiger partial charge is 0.481 e. The zero-order valence-corrected chi connectivity index (χ0v) is 18.1. The first-order valence-electron chi connectivity index (χ1n) is 11.1. The average molecular weight is 437 g/mol. The van der Waals surface area contributed by atoms with E-state index in [0.29, 0.717) is 25.8 Å². The van der Waals surface area contributed by atoms with E-state index in [1.54, 1.807) is 4.90 Å². The van der Waals surface area contributed by atoms with Crippen molar-refractivity contribution in [3.63, 3.8) is 0 Å². The van der Waals surface area contributed by atoms with Crippen molar-refractivity contribution in [1.29, 1.82) is 0 Å². The molecule has 0 aromatic heterocycles. The number of ether oxygens (including phenoxy) is 1. The molecule has 2 aromatic carbocycles. The van der Waals surface area contributed by atoms with Gasteiger partial charge in [-0.1, -0.05) is 55.5 Å². The fraction of sp³-hybridized carbons (Fsp3) is 0.400. The summed E-state index contributed by atoms with van der Waals surface area (Å²) in [6.45, 7) is 2.67. The zero-order valence-electron chi connectivity index (χ0n) is 18.1. The Hall–Kier alpha value is -3.35. The van der Waals surface area contributed by atoms with Gasteiger partial charge in [0.2, 0.25) is 5.91 Å². The van der Waals surface area contributed by atoms with Gasteiger partial charge in [0.1, 0.15) is 12.6 Å². The quantitative estimate of drug-likeness (QED) is 0.721. The lowest BCUT2D eigenvalue weighted by Gasteiger charge is -2.33. The number of amides is 2. The van der Waals surface area contributed by atoms with Crippen molar-refractivity contribution in [3.05, 3.63) is 59.7 Å². The molecule has 0 saturated carbocycles. The predicted octanol–water partition coefficient (Wildman–Crippen LogP) is 3.63. The highest BCUT2D eigenvalue weighted by Crippen LogP contribution is 2.44. The molecule has 0 radical (unpaired) electrons. The van der Waals surface area contributed by atoms with Gasteiger partial charge in [-0.15, -0.1) is 0 Å². The molecule has 1 fully saturated rings. The van der Waals surface area contributed by atoms with Gasteiger partial charge in [-0.2, -0.15) is 0 Å². The Morgan fingerprint density at radius 1 is 1.09 bits per heavy atom. The summed E-state index contributed by atoms with van der Waals surface area (Å²) < 4.78 is 5.55. The van der Waals surface area contributed by atoms with Gasteiger partial charge in [0.25, 0.3) is 0 Å². The zero-order chi connectivity index (χ0) is 22.7. The maximum absolute atomic E-state index is 12.9. The van der Waals surface area contributed by atoms with Gasteiger partial charge in [-0.05, 0) is 41.5 Å². The lowest BCUT2D eigenvalue weighted by Crippen LogP contribution is -2.52. The third-order valence-corrected chi connectivity index (χ3v) is 6.42. The third-order valence-electron chi connectivity index (χ3n) is 6.42. The Kier molecular flexibility index (Phi) is 6.44. The van der Waals surface area contributed by atoms with Crippen LogP contribution in [0.5, 0.6) is 0 Å². The van der Waals surface area contributed by atoms with Crippen LogP contribution < -0.4 is 5.32 Å². The first-order valence-corrected chi connectivity index (χ1v) is 11.1. The van der Waals surface area contributed by atoms with Crippen LogP contribution in [0.3, 0.4) is 0 Å². The highest BCUT2D eigenvalue weighted by atomic mass is 16.5. The van der Waals surface area contributed by atoms with Crippen molar-refractivity contribution in [3.8, 4) is 11.1 Å². The number of carboxylic acid groups (broad SMARTS) is 1. The summed E-state index contributed by atoms with van der Waals surface area (Å²) in [6.07, 6.45) is 0.968. The van der Waals surface area contributed by atoms with E-state index >= 15 is 0 Å². The molecule has 1 aliphatic heterocycles. The molecule has 4 rings (SSSR count). The van der Waals surface area contributed by atoms with Crippen molar-refractivity contribution < 1.29 is 24.2 Å². The Labute approximate surface area is 187 Å². The van der Waals surface area contributed by atoms with Crippen LogP contribution in [0, 0.1) is 5.92 Å². The summed E-state index contributed by atoms with van der Waals surface area (Å²) in [5.74, 6) is -1.76. The molecular weight excluding hydrogens is 408 g/mol. The minimum atomic E-state index is -0.889. The summed E-state index contributed by atoms with van der Waals surface area (Å²) in [7, 11) is 0. The number of alkyl carbamates (subject to hydrolysis) is 1. The molecule has 2 atom stereocenters. The summed E-state index contributed by atoms with van der Waals surface area (Å²) in [6, 6.07) is 15.5. The van der Waals surface area contributed by atoms with Gasteiger partial charge in [-0.25, -0.2) is 4.79 Å². The predicted molar refractivity (Wildman–Crippen MR) is 119 cm³/mol. The molecule has 0 bridgehead atoms. The highest BCUT2D eigenvalue weighted by Gasteiger charge is 2.33. The van der Waals surface area contributed by atoms with Crippen LogP contribution >= 0.6 is 0 Å². The van der Waals surface area contributed by atoms with Crippen LogP contribution in [-0.2, 0) is 14.3 Å². The number of hydrogen-bond donors (Lipinski definition) is 2. The molecule has 1 aliphatic carbocycles. The number of carboxylic acids is 1. The monoisotopic (exact) mass is 436 g/mol. The van der Waals surface area contributed by atoms with E-state index in [0.717, 1.165) is 22.3 Å². The number of rotatable bonds is 6. The number of piperidine rings is 1. The normalized spacial score (nSPS) is 18.4. The number of carbonyl (C=O) groups is 3. The second-order valence-corrected chi connectivity index (χ2v) is 8.39. The molecule has 1 heterocycles. The summed E-state index contributed by atoms with van der Waals surface area (Å²) >= 11 is 0. The highest BCUT2D eigenvalue weighted by molar-refractivity contribution is 5.86.